The fourth-order valence-corrected chi connectivity index (χ4v) is 4.86. The Morgan fingerprint density at radius 3 is 2.69 bits per heavy atom. The average molecular weight is 472 g/mol. The summed E-state index contributed by atoms with van der Waals surface area (Å²) in [6.07, 6.45) is 6.51. The molecule has 1 aromatic carbocycles. The quantitative estimate of drug-likeness (QED) is 0.387. The fraction of sp³-hybridized carbons (Fsp3) is 0.292. The van der Waals surface area contributed by atoms with E-state index >= 15 is 0 Å². The lowest BCUT2D eigenvalue weighted by molar-refractivity contribution is 0.0990. The highest BCUT2D eigenvalue weighted by Crippen LogP contribution is 2.34. The molecule has 2 fully saturated rings. The molecule has 3 aromatic heterocycles. The summed E-state index contributed by atoms with van der Waals surface area (Å²) in [6, 6.07) is 8.47. The number of nitrogens with two attached hydrogens (primary N) is 1. The summed E-state index contributed by atoms with van der Waals surface area (Å²) >= 11 is 0. The van der Waals surface area contributed by atoms with Gasteiger partial charge in [-0.1, -0.05) is 0 Å². The van der Waals surface area contributed by atoms with Crippen molar-refractivity contribution < 1.29 is 9.53 Å². The number of nitrogens with zero attached hydrogens (tertiary/aromatic N) is 6. The van der Waals surface area contributed by atoms with Gasteiger partial charge in [0.1, 0.15) is 11.2 Å². The van der Waals surface area contributed by atoms with Crippen LogP contribution in [0, 0.1) is 0 Å². The van der Waals surface area contributed by atoms with Crippen LogP contribution in [0.3, 0.4) is 0 Å². The first-order valence-electron chi connectivity index (χ1n) is 11.4. The molecule has 2 unspecified atom stereocenters. The second-order valence-electron chi connectivity index (χ2n) is 8.81. The lowest BCUT2D eigenvalue weighted by atomic mass is 10.1. The van der Waals surface area contributed by atoms with Gasteiger partial charge in [-0.2, -0.15) is 0 Å². The van der Waals surface area contributed by atoms with Crippen molar-refractivity contribution in [1.82, 2.24) is 24.5 Å². The molecule has 11 heteroatoms. The van der Waals surface area contributed by atoms with Gasteiger partial charge in [-0.15, -0.1) is 0 Å². The lowest BCUT2D eigenvalue weighted by Crippen LogP contribution is -2.36. The lowest BCUT2D eigenvalue weighted by Gasteiger charge is -2.29. The number of hydrogen-bond donors (Lipinski definition) is 3. The minimum atomic E-state index is -0.685. The van der Waals surface area contributed by atoms with Crippen LogP contribution in [0.2, 0.25) is 0 Å². The molecule has 2 aliphatic rings. The van der Waals surface area contributed by atoms with Gasteiger partial charge in [-0.3, -0.25) is 9.78 Å². The van der Waals surface area contributed by atoms with E-state index in [0.717, 1.165) is 36.5 Å². The van der Waals surface area contributed by atoms with Gasteiger partial charge in [0.15, 0.2) is 17.3 Å². The molecule has 4 N–H and O–H groups in total. The molecular formula is C24H25N9O2. The van der Waals surface area contributed by atoms with Gasteiger partial charge in [-0.25, -0.2) is 15.0 Å². The number of nitrogens with one attached hydrogen (secondary N) is 2. The molecule has 4 aromatic rings. The predicted molar refractivity (Wildman–Crippen MR) is 133 cm³/mol. The molecule has 2 aliphatic heterocycles. The number of morpholine rings is 1. The van der Waals surface area contributed by atoms with Crippen LogP contribution < -0.4 is 21.3 Å². The third kappa shape index (κ3) is 3.60. The van der Waals surface area contributed by atoms with Crippen LogP contribution >= 0.6 is 0 Å². The zero-order valence-electron chi connectivity index (χ0n) is 19.4. The third-order valence-electron chi connectivity index (χ3n) is 6.62. The van der Waals surface area contributed by atoms with E-state index < -0.39 is 5.91 Å². The molecule has 178 valence electrons. The van der Waals surface area contributed by atoms with Gasteiger partial charge in [0.05, 0.1) is 42.4 Å². The van der Waals surface area contributed by atoms with Gasteiger partial charge < -0.3 is 30.6 Å². The maximum atomic E-state index is 12.4. The van der Waals surface area contributed by atoms with E-state index in [0.29, 0.717) is 34.7 Å². The minimum Gasteiger partial charge on any atom is -0.374 e. The largest absolute Gasteiger partial charge is 0.374 e. The van der Waals surface area contributed by atoms with Crippen LogP contribution in [0.25, 0.3) is 22.3 Å². The van der Waals surface area contributed by atoms with Gasteiger partial charge in [0.25, 0.3) is 5.91 Å². The van der Waals surface area contributed by atoms with E-state index in [1.165, 1.54) is 0 Å². The normalized spacial score (nSPS) is 18.9. The topological polar surface area (TPSA) is 136 Å². The summed E-state index contributed by atoms with van der Waals surface area (Å²) in [4.78, 5) is 32.8. The summed E-state index contributed by atoms with van der Waals surface area (Å²) in [7, 11) is 3.64. The maximum Gasteiger partial charge on any atom is 0.271 e. The molecule has 2 bridgehead atoms. The first-order chi connectivity index (χ1) is 17.0. The van der Waals surface area contributed by atoms with Crippen LogP contribution in [0.15, 0.2) is 43.0 Å². The molecule has 0 saturated carbocycles. The van der Waals surface area contributed by atoms with Crippen molar-refractivity contribution in [2.45, 2.75) is 18.6 Å². The van der Waals surface area contributed by atoms with E-state index in [1.54, 1.807) is 25.8 Å². The number of ether oxygens (including phenoxy) is 1. The summed E-state index contributed by atoms with van der Waals surface area (Å²) in [5.41, 5.74) is 10.3. The molecule has 5 heterocycles. The van der Waals surface area contributed by atoms with Crippen molar-refractivity contribution in [2.75, 3.05) is 35.7 Å². The van der Waals surface area contributed by atoms with Crippen molar-refractivity contribution in [3.63, 3.8) is 0 Å². The molecule has 0 aliphatic carbocycles. The standard InChI is InChI=1S/C24H25N9O2/c1-26-23-20(17-8-27-9-18-19(17)28-12-32(18)2)30-21(22(25)34)24(31-23)29-13-3-5-14(6-4-13)33-10-16-7-15(33)11-35-16/h3-6,8-9,12,15-16H,7,10-11H2,1-2H3,(H2,25,34)(H2,26,29,31). The Labute approximate surface area is 201 Å². The maximum absolute atomic E-state index is 12.4. The number of pyridine rings is 1. The number of aromatic nitrogens is 5. The summed E-state index contributed by atoms with van der Waals surface area (Å²) in [5, 5.41) is 6.28. The van der Waals surface area contributed by atoms with E-state index in [4.69, 9.17) is 10.5 Å². The number of carbonyl (C=O) groups excluding carboxylic acids is 1. The number of anilines is 4. The number of imidazole rings is 1. The van der Waals surface area contributed by atoms with Crippen LogP contribution in [0.4, 0.5) is 23.0 Å². The Bertz CT molecular complexity index is 1430. The molecular weight excluding hydrogens is 446 g/mol. The number of amides is 1. The van der Waals surface area contributed by atoms with Crippen molar-refractivity contribution in [2.24, 2.45) is 12.8 Å². The Kier molecular flexibility index (Phi) is 4.99. The zero-order valence-corrected chi connectivity index (χ0v) is 19.4. The number of fused-ring (bicyclic) bond motifs is 3. The highest BCUT2D eigenvalue weighted by atomic mass is 16.5. The summed E-state index contributed by atoms with van der Waals surface area (Å²) in [5.74, 6) is 0.0602. The molecule has 0 spiro atoms. The fourth-order valence-electron chi connectivity index (χ4n) is 4.86. The van der Waals surface area contributed by atoms with E-state index in [9.17, 15) is 4.79 Å². The first kappa shape index (κ1) is 21.3. The number of carbonyl (C=O) groups is 1. The second-order valence-corrected chi connectivity index (χ2v) is 8.81. The summed E-state index contributed by atoms with van der Waals surface area (Å²) < 4.78 is 7.57. The molecule has 2 saturated heterocycles. The first-order valence-corrected chi connectivity index (χ1v) is 11.4. The molecule has 0 radical (unpaired) electrons. The van der Waals surface area contributed by atoms with Crippen molar-refractivity contribution in [1.29, 1.82) is 0 Å². The van der Waals surface area contributed by atoms with Crippen molar-refractivity contribution in [3.8, 4) is 11.3 Å². The van der Waals surface area contributed by atoms with Crippen molar-refractivity contribution in [3.05, 3.63) is 48.7 Å². The molecule has 35 heavy (non-hydrogen) atoms. The second kappa shape index (κ2) is 8.20. The smallest absolute Gasteiger partial charge is 0.271 e. The summed E-state index contributed by atoms with van der Waals surface area (Å²) in [6.45, 7) is 1.70. The number of rotatable bonds is 6. The zero-order chi connectivity index (χ0) is 24.1. The monoisotopic (exact) mass is 471 g/mol. The van der Waals surface area contributed by atoms with Crippen molar-refractivity contribution >= 4 is 40.0 Å². The Hall–Kier alpha value is -4.25. The third-order valence-corrected chi connectivity index (χ3v) is 6.62. The highest BCUT2D eigenvalue weighted by molar-refractivity contribution is 5.99. The average Bonchev–Trinajstić information content (AvgIpc) is 3.60. The highest BCUT2D eigenvalue weighted by Gasteiger charge is 2.38. The molecule has 2 atom stereocenters. The van der Waals surface area contributed by atoms with Gasteiger partial charge >= 0.3 is 0 Å². The van der Waals surface area contributed by atoms with Crippen LogP contribution in [0.5, 0.6) is 0 Å². The minimum absolute atomic E-state index is 0.0324. The number of benzene rings is 1. The molecule has 6 rings (SSSR count). The number of hydrogen-bond acceptors (Lipinski definition) is 9. The number of aryl methyl sites for hydroxylation is 1. The number of primary amides is 1. The molecule has 1 amide bonds. The SMILES string of the molecule is CNc1nc(Nc2ccc(N3CC4CC3CO4)cc2)c(C(N)=O)nc1-c1cncc2c1ncn2C. The van der Waals surface area contributed by atoms with Gasteiger partial charge in [0, 0.05) is 38.2 Å². The van der Waals surface area contributed by atoms with E-state index in [-0.39, 0.29) is 11.5 Å². The van der Waals surface area contributed by atoms with Crippen LogP contribution in [-0.2, 0) is 11.8 Å². The Balaban J connectivity index is 1.35. The van der Waals surface area contributed by atoms with Gasteiger partial charge in [0.2, 0.25) is 0 Å². The van der Waals surface area contributed by atoms with E-state index in [2.05, 4.69) is 47.6 Å². The van der Waals surface area contributed by atoms with Crippen LogP contribution in [0.1, 0.15) is 16.9 Å². The van der Waals surface area contributed by atoms with E-state index in [1.807, 2.05) is 23.7 Å². The van der Waals surface area contributed by atoms with Gasteiger partial charge in [-0.05, 0) is 30.7 Å². The Morgan fingerprint density at radius 1 is 1.17 bits per heavy atom. The van der Waals surface area contributed by atoms with Crippen LogP contribution in [-0.4, -0.2) is 62.8 Å². The molecule has 11 nitrogen and oxygen atoms in total. The predicted octanol–water partition coefficient (Wildman–Crippen LogP) is 2.29. The Morgan fingerprint density at radius 2 is 2.00 bits per heavy atom.